The van der Waals surface area contributed by atoms with Gasteiger partial charge in [-0.25, -0.2) is 4.79 Å². The maximum absolute atomic E-state index is 12.6. The Hall–Kier alpha value is -2.58. The van der Waals surface area contributed by atoms with Crippen LogP contribution in [0.2, 0.25) is 0 Å². The number of benzene rings is 1. The molecule has 26 heavy (non-hydrogen) atoms. The van der Waals surface area contributed by atoms with Gasteiger partial charge in [-0.15, -0.1) is 11.3 Å². The minimum absolute atomic E-state index is 0.0631. The molecular weight excluding hydrogens is 356 g/mol. The highest BCUT2D eigenvalue weighted by molar-refractivity contribution is 7.19. The summed E-state index contributed by atoms with van der Waals surface area (Å²) in [6.07, 6.45) is 0. The van der Waals surface area contributed by atoms with Crippen molar-refractivity contribution in [3.05, 3.63) is 40.3 Å². The molecule has 138 valence electrons. The lowest BCUT2D eigenvalue weighted by Crippen LogP contribution is -2.36. The molecule has 1 aliphatic rings. The van der Waals surface area contributed by atoms with Gasteiger partial charge in [0.1, 0.15) is 10.7 Å². The van der Waals surface area contributed by atoms with Crippen molar-refractivity contribution in [3.63, 3.8) is 0 Å². The number of carbonyl (C=O) groups is 2. The van der Waals surface area contributed by atoms with E-state index in [9.17, 15) is 14.7 Å². The molecule has 0 spiro atoms. The molecule has 3 rings (SSSR count). The van der Waals surface area contributed by atoms with Gasteiger partial charge < -0.3 is 24.8 Å². The van der Waals surface area contributed by atoms with E-state index in [1.165, 1.54) is 7.11 Å². The highest BCUT2D eigenvalue weighted by Crippen LogP contribution is 2.46. The maximum Gasteiger partial charge on any atom is 0.352 e. The van der Waals surface area contributed by atoms with Gasteiger partial charge >= 0.3 is 5.97 Å². The van der Waals surface area contributed by atoms with Gasteiger partial charge in [0.05, 0.1) is 20.3 Å². The Morgan fingerprint density at radius 3 is 2.50 bits per heavy atom. The van der Waals surface area contributed by atoms with E-state index in [1.54, 1.807) is 12.1 Å². The smallest absolute Gasteiger partial charge is 0.352 e. The number of methoxy groups -OCH3 is 1. The number of rotatable bonds is 4. The lowest BCUT2D eigenvalue weighted by Gasteiger charge is -2.28. The summed E-state index contributed by atoms with van der Waals surface area (Å²) in [6, 6.07) is 7.10. The van der Waals surface area contributed by atoms with Gasteiger partial charge in [0.25, 0.3) is 5.91 Å². The van der Waals surface area contributed by atoms with E-state index in [0.717, 1.165) is 16.9 Å². The van der Waals surface area contributed by atoms with E-state index >= 15 is 0 Å². The summed E-state index contributed by atoms with van der Waals surface area (Å²) in [4.78, 5) is 26.6. The average Bonchev–Trinajstić information content (AvgIpc) is 2.99. The van der Waals surface area contributed by atoms with Crippen LogP contribution in [0.1, 0.15) is 25.6 Å². The molecule has 1 fully saturated rings. The molecular formula is C18H20N2O5S. The van der Waals surface area contributed by atoms with E-state index < -0.39 is 5.97 Å². The van der Waals surface area contributed by atoms with Gasteiger partial charge in [0, 0.05) is 18.7 Å². The Morgan fingerprint density at radius 2 is 1.88 bits per heavy atom. The topological polar surface area (TPSA) is 88.1 Å². The average molecular weight is 376 g/mol. The zero-order valence-electron chi connectivity index (χ0n) is 14.6. The van der Waals surface area contributed by atoms with Crippen LogP contribution in [0.4, 0.5) is 10.7 Å². The van der Waals surface area contributed by atoms with Crippen molar-refractivity contribution in [2.24, 2.45) is 0 Å². The minimum atomic E-state index is -0.641. The second kappa shape index (κ2) is 7.76. The molecule has 0 unspecified atom stereocenters. The Labute approximate surface area is 155 Å². The quantitative estimate of drug-likeness (QED) is 0.798. The Kier molecular flexibility index (Phi) is 5.43. The van der Waals surface area contributed by atoms with Crippen molar-refractivity contribution < 1.29 is 24.2 Å². The number of anilines is 2. The molecule has 0 saturated carbocycles. The van der Waals surface area contributed by atoms with Crippen LogP contribution in [0.15, 0.2) is 24.3 Å². The summed E-state index contributed by atoms with van der Waals surface area (Å²) in [5.41, 5.74) is 1.73. The van der Waals surface area contributed by atoms with Gasteiger partial charge in [-0.1, -0.05) is 17.7 Å². The van der Waals surface area contributed by atoms with Gasteiger partial charge in [-0.05, 0) is 19.1 Å². The summed E-state index contributed by atoms with van der Waals surface area (Å²) in [7, 11) is 1.25. The summed E-state index contributed by atoms with van der Waals surface area (Å²) < 4.78 is 10.1. The first-order valence-electron chi connectivity index (χ1n) is 8.16. The number of esters is 1. The maximum atomic E-state index is 12.6. The molecule has 8 heteroatoms. The number of nitrogens with one attached hydrogen (secondary N) is 1. The third kappa shape index (κ3) is 3.66. The third-order valence-corrected chi connectivity index (χ3v) is 5.31. The number of morpholine rings is 1. The molecule has 2 heterocycles. The van der Waals surface area contributed by atoms with Crippen molar-refractivity contribution >= 4 is 33.9 Å². The van der Waals surface area contributed by atoms with Gasteiger partial charge in [0.15, 0.2) is 10.6 Å². The number of amides is 1. The van der Waals surface area contributed by atoms with Crippen LogP contribution in [0, 0.1) is 6.92 Å². The van der Waals surface area contributed by atoms with Crippen molar-refractivity contribution in [1.29, 1.82) is 0 Å². The van der Waals surface area contributed by atoms with Gasteiger partial charge in [0.2, 0.25) is 0 Å². The summed E-state index contributed by atoms with van der Waals surface area (Å²) in [5, 5.41) is 13.9. The molecule has 1 aliphatic heterocycles. The molecule has 2 aromatic rings. The molecule has 7 nitrogen and oxygen atoms in total. The lowest BCUT2D eigenvalue weighted by atomic mass is 10.1. The van der Waals surface area contributed by atoms with Crippen molar-refractivity contribution in [2.75, 3.05) is 43.6 Å². The molecule has 1 aromatic heterocycles. The molecule has 1 saturated heterocycles. The summed E-state index contributed by atoms with van der Waals surface area (Å²) in [6.45, 7) is 4.22. The van der Waals surface area contributed by atoms with Crippen LogP contribution < -0.4 is 10.2 Å². The van der Waals surface area contributed by atoms with Crippen LogP contribution in [0.25, 0.3) is 0 Å². The predicted octanol–water partition coefficient (Wildman–Crippen LogP) is 2.64. The van der Waals surface area contributed by atoms with E-state index in [1.807, 2.05) is 24.0 Å². The largest absolute Gasteiger partial charge is 0.504 e. The fraction of sp³-hybridized carbons (Fsp3) is 0.333. The SMILES string of the molecule is COC(=O)c1sc(N2CCOCC2)c(NC(=O)c2ccc(C)cc2)c1O. The number of thiophene rings is 1. The fourth-order valence-electron chi connectivity index (χ4n) is 2.63. The monoisotopic (exact) mass is 376 g/mol. The summed E-state index contributed by atoms with van der Waals surface area (Å²) >= 11 is 1.10. The van der Waals surface area contributed by atoms with Crippen molar-refractivity contribution in [3.8, 4) is 5.75 Å². The van der Waals surface area contributed by atoms with Gasteiger partial charge in [-0.2, -0.15) is 0 Å². The Morgan fingerprint density at radius 1 is 1.23 bits per heavy atom. The number of aryl methyl sites for hydroxylation is 1. The number of nitrogens with zero attached hydrogens (tertiary/aromatic N) is 1. The number of hydrogen-bond donors (Lipinski definition) is 2. The highest BCUT2D eigenvalue weighted by atomic mass is 32.1. The number of ether oxygens (including phenoxy) is 2. The molecule has 2 N–H and O–H groups in total. The second-order valence-electron chi connectivity index (χ2n) is 5.87. The second-order valence-corrected chi connectivity index (χ2v) is 6.87. The molecule has 0 radical (unpaired) electrons. The molecule has 1 amide bonds. The van der Waals surface area contributed by atoms with Crippen molar-refractivity contribution in [2.45, 2.75) is 6.92 Å². The first-order valence-corrected chi connectivity index (χ1v) is 8.97. The molecule has 0 bridgehead atoms. The molecule has 1 aromatic carbocycles. The predicted molar refractivity (Wildman–Crippen MR) is 99.5 cm³/mol. The summed E-state index contributed by atoms with van der Waals surface area (Å²) in [5.74, 6) is -1.27. The van der Waals surface area contributed by atoms with Crippen LogP contribution in [0.5, 0.6) is 5.75 Å². The zero-order chi connectivity index (χ0) is 18.7. The third-order valence-electron chi connectivity index (χ3n) is 4.09. The lowest BCUT2D eigenvalue weighted by molar-refractivity contribution is 0.0603. The number of hydrogen-bond acceptors (Lipinski definition) is 7. The minimum Gasteiger partial charge on any atom is -0.504 e. The molecule has 0 atom stereocenters. The number of aromatic hydroxyl groups is 1. The van der Waals surface area contributed by atoms with Crippen LogP contribution in [-0.4, -0.2) is 50.4 Å². The van der Waals surface area contributed by atoms with Crippen LogP contribution >= 0.6 is 11.3 Å². The highest BCUT2D eigenvalue weighted by Gasteiger charge is 2.28. The van der Waals surface area contributed by atoms with Crippen LogP contribution in [-0.2, 0) is 9.47 Å². The first-order chi connectivity index (χ1) is 12.5. The Bertz CT molecular complexity index is 810. The number of carbonyl (C=O) groups excluding carboxylic acids is 2. The standard InChI is InChI=1S/C18H20N2O5S/c1-11-3-5-12(6-4-11)16(22)19-13-14(21)15(18(23)24-2)26-17(13)20-7-9-25-10-8-20/h3-6,21H,7-10H2,1-2H3,(H,19,22). The first kappa shape index (κ1) is 18.2. The van der Waals surface area contributed by atoms with Crippen molar-refractivity contribution in [1.82, 2.24) is 0 Å². The van der Waals surface area contributed by atoms with E-state index in [-0.39, 0.29) is 22.2 Å². The van der Waals surface area contributed by atoms with E-state index in [4.69, 9.17) is 9.47 Å². The Balaban J connectivity index is 1.95. The zero-order valence-corrected chi connectivity index (χ0v) is 15.4. The van der Waals surface area contributed by atoms with E-state index in [0.29, 0.717) is 36.9 Å². The van der Waals surface area contributed by atoms with Crippen LogP contribution in [0.3, 0.4) is 0 Å². The normalized spacial score (nSPS) is 14.2. The molecule has 0 aliphatic carbocycles. The fourth-order valence-corrected chi connectivity index (χ4v) is 3.75. The van der Waals surface area contributed by atoms with Gasteiger partial charge in [-0.3, -0.25) is 4.79 Å². The van der Waals surface area contributed by atoms with E-state index in [2.05, 4.69) is 5.32 Å².